The predicted octanol–water partition coefficient (Wildman–Crippen LogP) is 1.73. The molecule has 4 heteroatoms. The minimum atomic E-state index is 0.328. The molecule has 0 bridgehead atoms. The van der Waals surface area contributed by atoms with Crippen molar-refractivity contribution < 1.29 is 4.79 Å². The van der Waals surface area contributed by atoms with E-state index < -0.39 is 0 Å². The Hall–Kier alpha value is -0.870. The topological polar surface area (TPSA) is 35.6 Å². The number of rotatable bonds is 4. The summed E-state index contributed by atoms with van der Waals surface area (Å²) in [5, 5.41) is 3.43. The van der Waals surface area contributed by atoms with Crippen molar-refractivity contribution in [2.45, 2.75) is 57.5 Å². The summed E-state index contributed by atoms with van der Waals surface area (Å²) in [6, 6.07) is 1.01. The third-order valence-electron chi connectivity index (χ3n) is 4.57. The van der Waals surface area contributed by atoms with Gasteiger partial charge in [0.1, 0.15) is 0 Å². The van der Waals surface area contributed by atoms with Crippen molar-refractivity contribution in [3.8, 4) is 0 Å². The zero-order valence-corrected chi connectivity index (χ0v) is 12.6. The van der Waals surface area contributed by atoms with Crippen LogP contribution in [0, 0.1) is 0 Å². The monoisotopic (exact) mass is 277 g/mol. The van der Waals surface area contributed by atoms with Crippen LogP contribution in [0.3, 0.4) is 0 Å². The summed E-state index contributed by atoms with van der Waals surface area (Å²) in [5.41, 5.74) is 1.31. The summed E-state index contributed by atoms with van der Waals surface area (Å²) in [4.78, 5) is 17.2. The third kappa shape index (κ3) is 3.41. The molecule has 1 N–H and O–H groups in total. The summed E-state index contributed by atoms with van der Waals surface area (Å²) < 4.78 is 0. The molecule has 1 saturated carbocycles. The van der Waals surface area contributed by atoms with Gasteiger partial charge >= 0.3 is 0 Å². The lowest BCUT2D eigenvalue weighted by Crippen LogP contribution is -2.52. The minimum Gasteiger partial charge on any atom is -0.312 e. The molecule has 1 heterocycles. The molecule has 1 amide bonds. The first-order chi connectivity index (χ1) is 9.74. The second-order valence-electron chi connectivity index (χ2n) is 6.53. The van der Waals surface area contributed by atoms with E-state index in [2.05, 4.69) is 28.1 Å². The van der Waals surface area contributed by atoms with E-state index in [1.54, 1.807) is 0 Å². The summed E-state index contributed by atoms with van der Waals surface area (Å²) >= 11 is 0. The molecule has 0 spiro atoms. The van der Waals surface area contributed by atoms with E-state index >= 15 is 0 Å². The van der Waals surface area contributed by atoms with E-state index in [0.717, 1.165) is 32.5 Å². The SMILES string of the molecule is C[C@H]1CN(CC(=O)N(C2=CCCCC2)C2CC2)CCN1. The lowest BCUT2D eigenvalue weighted by atomic mass is 10.0. The fourth-order valence-electron chi connectivity index (χ4n) is 3.39. The smallest absolute Gasteiger partial charge is 0.241 e. The molecular weight excluding hydrogens is 250 g/mol. The highest BCUT2D eigenvalue weighted by Gasteiger charge is 2.35. The molecule has 20 heavy (non-hydrogen) atoms. The lowest BCUT2D eigenvalue weighted by Gasteiger charge is -2.34. The van der Waals surface area contributed by atoms with Crippen molar-refractivity contribution in [2.24, 2.45) is 0 Å². The highest BCUT2D eigenvalue weighted by molar-refractivity contribution is 5.80. The van der Waals surface area contributed by atoms with Crippen LogP contribution >= 0.6 is 0 Å². The number of amides is 1. The third-order valence-corrected chi connectivity index (χ3v) is 4.57. The number of carbonyl (C=O) groups excluding carboxylic acids is 1. The van der Waals surface area contributed by atoms with Crippen LogP contribution in [0.5, 0.6) is 0 Å². The minimum absolute atomic E-state index is 0.328. The van der Waals surface area contributed by atoms with Gasteiger partial charge in [0.05, 0.1) is 6.54 Å². The number of nitrogens with zero attached hydrogens (tertiary/aromatic N) is 2. The number of hydrogen-bond donors (Lipinski definition) is 1. The molecule has 1 atom stereocenters. The van der Waals surface area contributed by atoms with Crippen LogP contribution in [0.4, 0.5) is 0 Å². The van der Waals surface area contributed by atoms with Crippen LogP contribution in [-0.2, 0) is 4.79 Å². The summed E-state index contributed by atoms with van der Waals surface area (Å²) in [7, 11) is 0. The van der Waals surface area contributed by atoms with Gasteiger partial charge in [-0.2, -0.15) is 0 Å². The second kappa shape index (κ2) is 6.27. The molecule has 0 aromatic rings. The lowest BCUT2D eigenvalue weighted by molar-refractivity contribution is -0.131. The maximum atomic E-state index is 12.7. The van der Waals surface area contributed by atoms with Crippen LogP contribution in [0.1, 0.15) is 45.4 Å². The van der Waals surface area contributed by atoms with Gasteiger partial charge in [-0.15, -0.1) is 0 Å². The second-order valence-corrected chi connectivity index (χ2v) is 6.53. The molecule has 2 fully saturated rings. The first-order valence-corrected chi connectivity index (χ1v) is 8.21. The van der Waals surface area contributed by atoms with Gasteiger partial charge in [-0.1, -0.05) is 6.08 Å². The van der Waals surface area contributed by atoms with Crippen LogP contribution in [0.2, 0.25) is 0 Å². The van der Waals surface area contributed by atoms with E-state index in [0.29, 0.717) is 24.5 Å². The van der Waals surface area contributed by atoms with Crippen molar-refractivity contribution >= 4 is 5.91 Å². The number of piperazine rings is 1. The summed E-state index contributed by atoms with van der Waals surface area (Å²) in [6.45, 7) is 5.77. The van der Waals surface area contributed by atoms with Crippen molar-refractivity contribution in [1.29, 1.82) is 0 Å². The van der Waals surface area contributed by atoms with E-state index in [4.69, 9.17) is 0 Å². The van der Waals surface area contributed by atoms with E-state index in [9.17, 15) is 4.79 Å². The zero-order chi connectivity index (χ0) is 13.9. The largest absolute Gasteiger partial charge is 0.312 e. The standard InChI is InChI=1S/C16H27N3O/c1-13-11-18(10-9-17-13)12-16(20)19(15-7-8-15)14-5-3-2-4-6-14/h5,13,15,17H,2-4,6-12H2,1H3/t13-/m0/s1. The van der Waals surface area contributed by atoms with Gasteiger partial charge in [0.15, 0.2) is 0 Å². The predicted molar refractivity (Wildman–Crippen MR) is 80.3 cm³/mol. The highest BCUT2D eigenvalue weighted by atomic mass is 16.2. The van der Waals surface area contributed by atoms with Gasteiger partial charge in [0.25, 0.3) is 0 Å². The summed E-state index contributed by atoms with van der Waals surface area (Å²) in [6.07, 6.45) is 9.47. The van der Waals surface area contributed by atoms with Gasteiger partial charge in [0, 0.05) is 37.4 Å². The Morgan fingerprint density at radius 2 is 2.30 bits per heavy atom. The average molecular weight is 277 g/mol. The van der Waals surface area contributed by atoms with Crippen LogP contribution in [0.25, 0.3) is 0 Å². The Kier molecular flexibility index (Phi) is 4.41. The van der Waals surface area contributed by atoms with Crippen molar-refractivity contribution in [2.75, 3.05) is 26.2 Å². The van der Waals surface area contributed by atoms with Crippen LogP contribution < -0.4 is 5.32 Å². The van der Waals surface area contributed by atoms with E-state index in [-0.39, 0.29) is 0 Å². The number of carbonyl (C=O) groups is 1. The van der Waals surface area contributed by atoms with E-state index in [1.807, 2.05) is 0 Å². The van der Waals surface area contributed by atoms with Gasteiger partial charge in [-0.3, -0.25) is 9.69 Å². The van der Waals surface area contributed by atoms with Gasteiger partial charge in [0.2, 0.25) is 5.91 Å². The fourth-order valence-corrected chi connectivity index (χ4v) is 3.39. The van der Waals surface area contributed by atoms with Gasteiger partial charge in [-0.05, 0) is 45.4 Å². The molecule has 1 saturated heterocycles. The molecular formula is C16H27N3O. The normalized spacial score (nSPS) is 28.1. The van der Waals surface area contributed by atoms with E-state index in [1.165, 1.54) is 31.4 Å². The van der Waals surface area contributed by atoms with Crippen LogP contribution in [0.15, 0.2) is 11.8 Å². The summed E-state index contributed by atoms with van der Waals surface area (Å²) in [5.74, 6) is 0.328. The maximum Gasteiger partial charge on any atom is 0.241 e. The van der Waals surface area contributed by atoms with Gasteiger partial charge in [-0.25, -0.2) is 0 Å². The maximum absolute atomic E-state index is 12.7. The molecule has 3 aliphatic rings. The Morgan fingerprint density at radius 3 is 2.95 bits per heavy atom. The molecule has 0 unspecified atom stereocenters. The Balaban J connectivity index is 1.62. The Morgan fingerprint density at radius 1 is 1.45 bits per heavy atom. The first kappa shape index (κ1) is 14.1. The van der Waals surface area contributed by atoms with Crippen LogP contribution in [-0.4, -0.2) is 54.0 Å². The molecule has 0 aromatic carbocycles. The molecule has 112 valence electrons. The number of hydrogen-bond acceptors (Lipinski definition) is 3. The molecule has 1 aliphatic heterocycles. The van der Waals surface area contributed by atoms with Crippen molar-refractivity contribution in [3.63, 3.8) is 0 Å². The molecule has 3 rings (SSSR count). The quantitative estimate of drug-likeness (QED) is 0.850. The zero-order valence-electron chi connectivity index (χ0n) is 12.6. The number of nitrogens with one attached hydrogen (secondary N) is 1. The molecule has 2 aliphatic carbocycles. The number of allylic oxidation sites excluding steroid dienone is 2. The fraction of sp³-hybridized carbons (Fsp3) is 0.812. The highest BCUT2D eigenvalue weighted by Crippen LogP contribution is 2.33. The van der Waals surface area contributed by atoms with Crippen molar-refractivity contribution in [3.05, 3.63) is 11.8 Å². The molecule has 4 nitrogen and oxygen atoms in total. The molecule has 0 radical (unpaired) electrons. The molecule has 0 aromatic heterocycles. The van der Waals surface area contributed by atoms with Crippen molar-refractivity contribution in [1.82, 2.24) is 15.1 Å². The van der Waals surface area contributed by atoms with Gasteiger partial charge < -0.3 is 10.2 Å². The Bertz CT molecular complexity index is 389. The Labute approximate surface area is 122 Å². The average Bonchev–Trinajstić information content (AvgIpc) is 3.25. The first-order valence-electron chi connectivity index (χ1n) is 8.21.